The van der Waals surface area contributed by atoms with E-state index in [-0.39, 0.29) is 18.7 Å². The normalized spacial score (nSPS) is 14.6. The molecule has 3 heteroatoms. The summed E-state index contributed by atoms with van der Waals surface area (Å²) in [5, 5.41) is 12.7. The van der Waals surface area contributed by atoms with Crippen LogP contribution >= 0.6 is 0 Å². The molecule has 0 saturated heterocycles. The molecule has 0 aliphatic carbocycles. The molecule has 1 aromatic rings. The second-order valence-corrected chi connectivity index (χ2v) is 4.37. The van der Waals surface area contributed by atoms with Gasteiger partial charge >= 0.3 is 0 Å². The summed E-state index contributed by atoms with van der Waals surface area (Å²) in [6.45, 7) is 4.84. The molecule has 2 unspecified atom stereocenters. The Morgan fingerprint density at radius 1 is 1.29 bits per heavy atom. The highest BCUT2D eigenvalue weighted by molar-refractivity contribution is 5.24. The Morgan fingerprint density at radius 2 is 1.94 bits per heavy atom. The van der Waals surface area contributed by atoms with Crippen molar-refractivity contribution in [1.82, 2.24) is 5.32 Å². The molecule has 17 heavy (non-hydrogen) atoms. The van der Waals surface area contributed by atoms with Crippen molar-refractivity contribution in [3.8, 4) is 0 Å². The van der Waals surface area contributed by atoms with E-state index in [1.807, 2.05) is 0 Å². The van der Waals surface area contributed by atoms with E-state index >= 15 is 0 Å². The summed E-state index contributed by atoms with van der Waals surface area (Å²) in [6, 6.07) is 8.76. The van der Waals surface area contributed by atoms with Gasteiger partial charge in [0.2, 0.25) is 0 Å². The number of aliphatic hydroxyl groups excluding tert-OH is 1. The maximum atomic E-state index is 9.25. The van der Waals surface area contributed by atoms with E-state index in [4.69, 9.17) is 4.74 Å². The zero-order valence-electron chi connectivity index (χ0n) is 10.9. The first-order chi connectivity index (χ1) is 8.21. The Kier molecular flexibility index (Phi) is 6.19. The standard InChI is InChI=1S/C14H23NO2/c1-4-14(15-13(9-16)10-17-3)12-7-5-11(2)6-8-12/h5-8,13-16H,4,9-10H2,1-3H3. The van der Waals surface area contributed by atoms with Crippen molar-refractivity contribution < 1.29 is 9.84 Å². The highest BCUT2D eigenvalue weighted by Gasteiger charge is 2.14. The van der Waals surface area contributed by atoms with Gasteiger partial charge in [-0.3, -0.25) is 0 Å². The van der Waals surface area contributed by atoms with E-state index in [1.165, 1.54) is 11.1 Å². The molecule has 0 radical (unpaired) electrons. The number of hydrogen-bond donors (Lipinski definition) is 2. The van der Waals surface area contributed by atoms with Crippen molar-refractivity contribution in [2.24, 2.45) is 0 Å². The Balaban J connectivity index is 2.67. The second-order valence-electron chi connectivity index (χ2n) is 4.37. The molecular weight excluding hydrogens is 214 g/mol. The van der Waals surface area contributed by atoms with Crippen LogP contribution in [0, 0.1) is 6.92 Å². The number of aryl methyl sites for hydroxylation is 1. The Hall–Kier alpha value is -0.900. The van der Waals surface area contributed by atoms with Gasteiger partial charge in [0.1, 0.15) is 0 Å². The predicted octanol–water partition coefficient (Wildman–Crippen LogP) is 2.04. The first kappa shape index (κ1) is 14.2. The fraction of sp³-hybridized carbons (Fsp3) is 0.571. The molecule has 0 fully saturated rings. The summed E-state index contributed by atoms with van der Waals surface area (Å²) in [7, 11) is 1.65. The lowest BCUT2D eigenvalue weighted by atomic mass is 10.0. The number of nitrogens with one attached hydrogen (secondary N) is 1. The number of aliphatic hydroxyl groups is 1. The van der Waals surface area contributed by atoms with Crippen LogP contribution in [0.4, 0.5) is 0 Å². The Bertz CT molecular complexity index is 311. The fourth-order valence-electron chi connectivity index (χ4n) is 1.89. The number of methoxy groups -OCH3 is 1. The van der Waals surface area contributed by atoms with Crippen LogP contribution < -0.4 is 5.32 Å². The number of ether oxygens (including phenoxy) is 1. The van der Waals surface area contributed by atoms with E-state index in [0.29, 0.717) is 6.61 Å². The quantitative estimate of drug-likeness (QED) is 0.762. The third kappa shape index (κ3) is 4.46. The average Bonchev–Trinajstić information content (AvgIpc) is 2.36. The first-order valence-electron chi connectivity index (χ1n) is 6.13. The zero-order valence-corrected chi connectivity index (χ0v) is 10.9. The van der Waals surface area contributed by atoms with Gasteiger partial charge in [-0.2, -0.15) is 0 Å². The largest absolute Gasteiger partial charge is 0.395 e. The van der Waals surface area contributed by atoms with Crippen molar-refractivity contribution in [1.29, 1.82) is 0 Å². The van der Waals surface area contributed by atoms with Gasteiger partial charge in [0.25, 0.3) is 0 Å². The molecule has 0 aliphatic rings. The molecule has 0 spiro atoms. The van der Waals surface area contributed by atoms with Gasteiger partial charge in [-0.1, -0.05) is 36.8 Å². The fourth-order valence-corrected chi connectivity index (χ4v) is 1.89. The van der Waals surface area contributed by atoms with Crippen molar-refractivity contribution >= 4 is 0 Å². The van der Waals surface area contributed by atoms with Crippen LogP contribution in [0.1, 0.15) is 30.5 Å². The lowest BCUT2D eigenvalue weighted by Gasteiger charge is -2.23. The summed E-state index contributed by atoms with van der Waals surface area (Å²) >= 11 is 0. The molecule has 2 N–H and O–H groups in total. The molecule has 96 valence electrons. The minimum Gasteiger partial charge on any atom is -0.395 e. The summed E-state index contributed by atoms with van der Waals surface area (Å²) < 4.78 is 5.07. The SMILES string of the molecule is CCC(NC(CO)COC)c1ccc(C)cc1. The van der Waals surface area contributed by atoms with Gasteiger partial charge in [-0.15, -0.1) is 0 Å². The van der Waals surface area contributed by atoms with E-state index in [1.54, 1.807) is 7.11 Å². The molecule has 2 atom stereocenters. The number of rotatable bonds is 7. The predicted molar refractivity (Wildman–Crippen MR) is 70.1 cm³/mol. The van der Waals surface area contributed by atoms with Crippen LogP contribution in [0.2, 0.25) is 0 Å². The second kappa shape index (κ2) is 7.43. The number of hydrogen-bond acceptors (Lipinski definition) is 3. The number of benzene rings is 1. The molecule has 1 rings (SSSR count). The molecule has 0 bridgehead atoms. The summed E-state index contributed by atoms with van der Waals surface area (Å²) in [5.41, 5.74) is 2.52. The third-order valence-electron chi connectivity index (χ3n) is 2.91. The molecule has 0 amide bonds. The average molecular weight is 237 g/mol. The lowest BCUT2D eigenvalue weighted by Crippen LogP contribution is -2.38. The Labute approximate surface area is 104 Å². The smallest absolute Gasteiger partial charge is 0.0638 e. The van der Waals surface area contributed by atoms with Gasteiger partial charge in [-0.25, -0.2) is 0 Å². The van der Waals surface area contributed by atoms with E-state index in [2.05, 4.69) is 43.4 Å². The topological polar surface area (TPSA) is 41.5 Å². The van der Waals surface area contributed by atoms with Crippen LogP contribution in [0.3, 0.4) is 0 Å². The van der Waals surface area contributed by atoms with Crippen molar-refractivity contribution in [2.45, 2.75) is 32.4 Å². The molecule has 0 heterocycles. The van der Waals surface area contributed by atoms with E-state index < -0.39 is 0 Å². The highest BCUT2D eigenvalue weighted by Crippen LogP contribution is 2.17. The summed E-state index contributed by atoms with van der Waals surface area (Å²) in [5.74, 6) is 0. The van der Waals surface area contributed by atoms with Crippen molar-refractivity contribution in [2.75, 3.05) is 20.3 Å². The van der Waals surface area contributed by atoms with E-state index in [9.17, 15) is 5.11 Å². The maximum absolute atomic E-state index is 9.25. The maximum Gasteiger partial charge on any atom is 0.0638 e. The zero-order chi connectivity index (χ0) is 12.7. The lowest BCUT2D eigenvalue weighted by molar-refractivity contribution is 0.121. The van der Waals surface area contributed by atoms with Crippen LogP contribution in [-0.2, 0) is 4.74 Å². The summed E-state index contributed by atoms with van der Waals surface area (Å²) in [4.78, 5) is 0. The van der Waals surface area contributed by atoms with Gasteiger partial charge in [-0.05, 0) is 18.9 Å². The van der Waals surface area contributed by atoms with Gasteiger partial charge in [0.05, 0.1) is 19.3 Å². The van der Waals surface area contributed by atoms with E-state index in [0.717, 1.165) is 6.42 Å². The first-order valence-corrected chi connectivity index (χ1v) is 6.13. The van der Waals surface area contributed by atoms with Crippen molar-refractivity contribution in [3.05, 3.63) is 35.4 Å². The highest BCUT2D eigenvalue weighted by atomic mass is 16.5. The molecule has 1 aromatic carbocycles. The molecule has 0 saturated carbocycles. The van der Waals surface area contributed by atoms with Gasteiger partial charge in [0.15, 0.2) is 0 Å². The molecule has 0 aliphatic heterocycles. The minimum absolute atomic E-state index is 0.00810. The Morgan fingerprint density at radius 3 is 2.41 bits per heavy atom. The van der Waals surface area contributed by atoms with Gasteiger partial charge in [0, 0.05) is 13.2 Å². The van der Waals surface area contributed by atoms with Gasteiger partial charge < -0.3 is 15.2 Å². The van der Waals surface area contributed by atoms with Crippen molar-refractivity contribution in [3.63, 3.8) is 0 Å². The minimum atomic E-state index is -0.00810. The van der Waals surface area contributed by atoms with Crippen LogP contribution in [0.25, 0.3) is 0 Å². The molecule has 0 aromatic heterocycles. The monoisotopic (exact) mass is 237 g/mol. The van der Waals surface area contributed by atoms with Crippen LogP contribution in [0.5, 0.6) is 0 Å². The van der Waals surface area contributed by atoms with Crippen LogP contribution in [0.15, 0.2) is 24.3 Å². The third-order valence-corrected chi connectivity index (χ3v) is 2.91. The summed E-state index contributed by atoms with van der Waals surface area (Å²) in [6.07, 6.45) is 0.989. The molecular formula is C14H23NO2. The van der Waals surface area contributed by atoms with Crippen LogP contribution in [-0.4, -0.2) is 31.5 Å². The molecule has 3 nitrogen and oxygen atoms in total.